The van der Waals surface area contributed by atoms with Gasteiger partial charge in [0.25, 0.3) is 0 Å². The van der Waals surface area contributed by atoms with E-state index in [-0.39, 0.29) is 12.1 Å². The Morgan fingerprint density at radius 3 is 2.71 bits per heavy atom. The molecule has 4 rings (SSSR count). The quantitative estimate of drug-likeness (QED) is 0.722. The first-order valence-corrected chi connectivity index (χ1v) is 10.2. The molecular formula is C20H24N6OS. The Morgan fingerprint density at radius 1 is 1.29 bits per heavy atom. The molecule has 0 unspecified atom stereocenters. The SMILES string of the molecule is Cc1ccc(-c2nn(C(C)C)c3c2CCc2nc(NC(=O)N(C)C)sc2-3)cn1. The Bertz CT molecular complexity index is 1030. The number of carbonyl (C=O) groups excluding carboxylic acids is 1. The molecule has 0 radical (unpaired) electrons. The van der Waals surface area contributed by atoms with Gasteiger partial charge in [0.15, 0.2) is 5.13 Å². The van der Waals surface area contributed by atoms with E-state index in [4.69, 9.17) is 5.10 Å². The van der Waals surface area contributed by atoms with Gasteiger partial charge in [-0.3, -0.25) is 15.0 Å². The van der Waals surface area contributed by atoms with Crippen LogP contribution in [0, 0.1) is 6.92 Å². The van der Waals surface area contributed by atoms with Gasteiger partial charge in [-0.05, 0) is 45.7 Å². The molecule has 0 aromatic carbocycles. The molecule has 7 nitrogen and oxygen atoms in total. The summed E-state index contributed by atoms with van der Waals surface area (Å²) in [5.41, 5.74) is 6.41. The molecule has 0 fully saturated rings. The first-order valence-electron chi connectivity index (χ1n) is 9.38. The minimum atomic E-state index is -0.171. The van der Waals surface area contributed by atoms with Gasteiger partial charge in [0, 0.05) is 43.2 Å². The van der Waals surface area contributed by atoms with Gasteiger partial charge < -0.3 is 4.90 Å². The zero-order chi connectivity index (χ0) is 20.0. The van der Waals surface area contributed by atoms with Gasteiger partial charge in [-0.2, -0.15) is 5.10 Å². The maximum Gasteiger partial charge on any atom is 0.323 e. The number of amides is 2. The number of rotatable bonds is 3. The largest absolute Gasteiger partial charge is 0.331 e. The first-order chi connectivity index (χ1) is 13.3. The Kier molecular flexibility index (Phi) is 4.66. The number of aryl methyl sites for hydroxylation is 2. The van der Waals surface area contributed by atoms with E-state index in [0.29, 0.717) is 5.13 Å². The third-order valence-electron chi connectivity index (χ3n) is 4.83. The first kappa shape index (κ1) is 18.6. The van der Waals surface area contributed by atoms with Crippen molar-refractivity contribution in [2.75, 3.05) is 19.4 Å². The lowest BCUT2D eigenvalue weighted by molar-refractivity contribution is 0.230. The highest BCUT2D eigenvalue weighted by molar-refractivity contribution is 7.19. The number of urea groups is 1. The summed E-state index contributed by atoms with van der Waals surface area (Å²) in [4.78, 5) is 23.7. The van der Waals surface area contributed by atoms with Crippen molar-refractivity contribution in [2.24, 2.45) is 0 Å². The normalized spacial score (nSPS) is 12.6. The van der Waals surface area contributed by atoms with Crippen LogP contribution in [0.25, 0.3) is 21.8 Å². The van der Waals surface area contributed by atoms with Crippen molar-refractivity contribution in [3.8, 4) is 21.8 Å². The predicted molar refractivity (Wildman–Crippen MR) is 112 cm³/mol. The van der Waals surface area contributed by atoms with Crippen molar-refractivity contribution in [1.82, 2.24) is 24.6 Å². The third kappa shape index (κ3) is 3.17. The summed E-state index contributed by atoms with van der Waals surface area (Å²) in [7, 11) is 3.44. The van der Waals surface area contributed by atoms with E-state index in [2.05, 4.69) is 39.9 Å². The molecule has 3 aromatic rings. The zero-order valence-electron chi connectivity index (χ0n) is 16.8. The summed E-state index contributed by atoms with van der Waals surface area (Å²) >= 11 is 1.52. The second-order valence-electron chi connectivity index (χ2n) is 7.52. The van der Waals surface area contributed by atoms with Gasteiger partial charge in [-0.15, -0.1) is 0 Å². The fraction of sp³-hybridized carbons (Fsp3) is 0.400. The molecule has 1 N–H and O–H groups in total. The Morgan fingerprint density at radius 2 is 2.07 bits per heavy atom. The molecule has 0 bridgehead atoms. The van der Waals surface area contributed by atoms with E-state index >= 15 is 0 Å². The highest BCUT2D eigenvalue weighted by Crippen LogP contribution is 2.44. The molecule has 3 aromatic heterocycles. The Labute approximate surface area is 168 Å². The van der Waals surface area contributed by atoms with Crippen LogP contribution in [0.15, 0.2) is 18.3 Å². The van der Waals surface area contributed by atoms with Crippen molar-refractivity contribution in [2.45, 2.75) is 39.7 Å². The van der Waals surface area contributed by atoms with Gasteiger partial charge in [0.1, 0.15) is 0 Å². The van der Waals surface area contributed by atoms with E-state index in [1.165, 1.54) is 21.8 Å². The number of thiazole rings is 1. The zero-order valence-corrected chi connectivity index (χ0v) is 17.6. The number of hydrogen-bond donors (Lipinski definition) is 1. The number of nitrogens with zero attached hydrogens (tertiary/aromatic N) is 5. The molecule has 0 spiro atoms. The Hall–Kier alpha value is -2.74. The summed E-state index contributed by atoms with van der Waals surface area (Å²) in [6.45, 7) is 6.25. The van der Waals surface area contributed by atoms with E-state index in [0.717, 1.165) is 46.1 Å². The predicted octanol–water partition coefficient (Wildman–Crippen LogP) is 4.15. The number of hydrogen-bond acceptors (Lipinski definition) is 5. The molecule has 1 aliphatic rings. The van der Waals surface area contributed by atoms with Crippen LogP contribution in [0.3, 0.4) is 0 Å². The number of anilines is 1. The number of aromatic nitrogens is 4. The number of fused-ring (bicyclic) bond motifs is 3. The molecule has 28 heavy (non-hydrogen) atoms. The molecule has 8 heteroatoms. The lowest BCUT2D eigenvalue weighted by Gasteiger charge is -2.15. The summed E-state index contributed by atoms with van der Waals surface area (Å²) in [5, 5.41) is 8.46. The highest BCUT2D eigenvalue weighted by atomic mass is 32.1. The average molecular weight is 397 g/mol. The summed E-state index contributed by atoms with van der Waals surface area (Å²) in [5.74, 6) is 0. The smallest absolute Gasteiger partial charge is 0.323 e. The minimum Gasteiger partial charge on any atom is -0.331 e. The standard InChI is InChI=1S/C20H24N6OS/c1-11(2)26-17-14(16(24-26)13-7-6-12(3)21-10-13)8-9-15-18(17)28-19(22-15)23-20(27)25(4)5/h6-7,10-11H,8-9H2,1-5H3,(H,22,23,27). The van der Waals surface area contributed by atoms with Gasteiger partial charge in [0.05, 0.1) is 22.0 Å². The number of nitrogens with one attached hydrogen (secondary N) is 1. The molecular weight excluding hydrogens is 372 g/mol. The van der Waals surface area contributed by atoms with Crippen LogP contribution in [0.1, 0.15) is 36.8 Å². The molecule has 1 aliphatic carbocycles. The van der Waals surface area contributed by atoms with Crippen molar-refractivity contribution in [3.63, 3.8) is 0 Å². The van der Waals surface area contributed by atoms with Crippen LogP contribution in [0.4, 0.5) is 9.93 Å². The van der Waals surface area contributed by atoms with Crippen LogP contribution in [-0.4, -0.2) is 44.8 Å². The minimum absolute atomic E-state index is 0.171. The molecule has 0 saturated carbocycles. The maximum atomic E-state index is 12.0. The number of carbonyl (C=O) groups is 1. The van der Waals surface area contributed by atoms with Crippen LogP contribution in [0.5, 0.6) is 0 Å². The number of pyridine rings is 1. The average Bonchev–Trinajstić information content (AvgIpc) is 3.23. The van der Waals surface area contributed by atoms with Crippen LogP contribution >= 0.6 is 11.3 Å². The molecule has 0 saturated heterocycles. The van der Waals surface area contributed by atoms with Crippen molar-refractivity contribution >= 4 is 22.5 Å². The maximum absolute atomic E-state index is 12.0. The summed E-state index contributed by atoms with van der Waals surface area (Å²) in [6.07, 6.45) is 3.61. The van der Waals surface area contributed by atoms with E-state index < -0.39 is 0 Å². The van der Waals surface area contributed by atoms with Gasteiger partial charge in [0.2, 0.25) is 0 Å². The van der Waals surface area contributed by atoms with E-state index in [1.807, 2.05) is 19.2 Å². The van der Waals surface area contributed by atoms with E-state index in [9.17, 15) is 4.79 Å². The molecule has 146 valence electrons. The fourth-order valence-electron chi connectivity index (χ4n) is 3.37. The highest BCUT2D eigenvalue weighted by Gasteiger charge is 2.30. The van der Waals surface area contributed by atoms with Crippen molar-refractivity contribution in [1.29, 1.82) is 0 Å². The monoisotopic (exact) mass is 396 g/mol. The van der Waals surface area contributed by atoms with Crippen LogP contribution in [0.2, 0.25) is 0 Å². The lowest BCUT2D eigenvalue weighted by atomic mass is 9.95. The molecule has 3 heterocycles. The fourth-order valence-corrected chi connectivity index (χ4v) is 4.43. The third-order valence-corrected chi connectivity index (χ3v) is 5.85. The topological polar surface area (TPSA) is 75.9 Å². The van der Waals surface area contributed by atoms with Crippen LogP contribution in [-0.2, 0) is 12.8 Å². The second-order valence-corrected chi connectivity index (χ2v) is 8.52. The van der Waals surface area contributed by atoms with Crippen LogP contribution < -0.4 is 5.32 Å². The summed E-state index contributed by atoms with van der Waals surface area (Å²) in [6, 6.07) is 4.15. The van der Waals surface area contributed by atoms with E-state index in [1.54, 1.807) is 14.1 Å². The second kappa shape index (κ2) is 7.01. The summed E-state index contributed by atoms with van der Waals surface area (Å²) < 4.78 is 2.08. The van der Waals surface area contributed by atoms with Crippen molar-refractivity contribution < 1.29 is 4.79 Å². The Balaban J connectivity index is 1.82. The lowest BCUT2D eigenvalue weighted by Crippen LogP contribution is -2.27. The van der Waals surface area contributed by atoms with Gasteiger partial charge in [-0.1, -0.05) is 11.3 Å². The van der Waals surface area contributed by atoms with Crippen molar-refractivity contribution in [3.05, 3.63) is 35.3 Å². The molecule has 0 aliphatic heterocycles. The molecule has 2 amide bonds. The molecule has 0 atom stereocenters. The van der Waals surface area contributed by atoms with Gasteiger partial charge >= 0.3 is 6.03 Å². The van der Waals surface area contributed by atoms with Gasteiger partial charge in [-0.25, -0.2) is 9.78 Å².